The number of amides is 1. The van der Waals surface area contributed by atoms with Crippen molar-refractivity contribution in [2.75, 3.05) is 13.1 Å². The zero-order valence-corrected chi connectivity index (χ0v) is 14.6. The van der Waals surface area contributed by atoms with Crippen molar-refractivity contribution >= 4 is 11.9 Å². The number of nitrogens with zero attached hydrogens (tertiary/aromatic N) is 3. The van der Waals surface area contributed by atoms with Crippen LogP contribution in [0.1, 0.15) is 57.8 Å². The summed E-state index contributed by atoms with van der Waals surface area (Å²) in [5.41, 5.74) is 2.74. The van der Waals surface area contributed by atoms with Crippen molar-refractivity contribution in [2.24, 2.45) is 0 Å². The van der Waals surface area contributed by atoms with Gasteiger partial charge in [-0.15, -0.1) is 0 Å². The van der Waals surface area contributed by atoms with E-state index in [0.717, 1.165) is 30.6 Å². The van der Waals surface area contributed by atoms with Crippen LogP contribution in [0.2, 0.25) is 0 Å². The smallest absolute Gasteiger partial charge is 0.335 e. The lowest BCUT2D eigenvalue weighted by Crippen LogP contribution is -2.40. The Bertz CT molecular complexity index is 797. The summed E-state index contributed by atoms with van der Waals surface area (Å²) in [5.74, 6) is -0.759. The van der Waals surface area contributed by atoms with Crippen molar-refractivity contribution in [3.8, 4) is 0 Å². The van der Waals surface area contributed by atoms with E-state index in [-0.39, 0.29) is 11.8 Å². The third-order valence-corrected chi connectivity index (χ3v) is 4.73. The van der Waals surface area contributed by atoms with E-state index in [1.807, 2.05) is 30.9 Å². The molecule has 0 radical (unpaired) electrons. The lowest BCUT2D eigenvalue weighted by atomic mass is 9.89. The first-order valence-electron chi connectivity index (χ1n) is 8.66. The predicted molar refractivity (Wildman–Crippen MR) is 93.9 cm³/mol. The molecule has 0 aliphatic carbocycles. The van der Waals surface area contributed by atoms with E-state index < -0.39 is 5.97 Å². The Balaban J connectivity index is 1.80. The standard InChI is InChI=1S/C19H23N3O3/c1-3-22-17(10-13(2)20-22)18(23)21-9-5-8-16(12-21)14-6-4-7-15(11-14)19(24)25/h4,6-7,10-11,16H,3,5,8-9,12H2,1-2H3,(H,24,25). The van der Waals surface area contributed by atoms with Gasteiger partial charge in [0.15, 0.2) is 0 Å². The molecular formula is C19H23N3O3. The third-order valence-electron chi connectivity index (χ3n) is 4.73. The van der Waals surface area contributed by atoms with Gasteiger partial charge in [0.1, 0.15) is 5.69 Å². The summed E-state index contributed by atoms with van der Waals surface area (Å²) >= 11 is 0. The van der Waals surface area contributed by atoms with E-state index in [0.29, 0.717) is 24.3 Å². The Morgan fingerprint density at radius 3 is 2.84 bits per heavy atom. The summed E-state index contributed by atoms with van der Waals surface area (Å²) in [6.45, 7) is 5.85. The molecule has 2 heterocycles. The predicted octanol–water partition coefficient (Wildman–Crippen LogP) is 2.93. The maximum absolute atomic E-state index is 12.9. The Kier molecular flexibility index (Phi) is 4.88. The summed E-state index contributed by atoms with van der Waals surface area (Å²) in [6.07, 6.45) is 1.87. The number of aryl methyl sites for hydroxylation is 2. The summed E-state index contributed by atoms with van der Waals surface area (Å²) in [4.78, 5) is 26.0. The Morgan fingerprint density at radius 2 is 2.12 bits per heavy atom. The normalized spacial score (nSPS) is 17.5. The number of benzene rings is 1. The maximum atomic E-state index is 12.9. The van der Waals surface area contributed by atoms with Crippen molar-refractivity contribution < 1.29 is 14.7 Å². The largest absolute Gasteiger partial charge is 0.478 e. The zero-order valence-electron chi connectivity index (χ0n) is 14.6. The molecule has 6 heteroatoms. The van der Waals surface area contributed by atoms with E-state index in [1.54, 1.807) is 22.9 Å². The van der Waals surface area contributed by atoms with Gasteiger partial charge >= 0.3 is 5.97 Å². The van der Waals surface area contributed by atoms with E-state index in [2.05, 4.69) is 5.10 Å². The molecule has 6 nitrogen and oxygen atoms in total. The number of carboxylic acid groups (broad SMARTS) is 1. The fourth-order valence-electron chi connectivity index (χ4n) is 3.48. The van der Waals surface area contributed by atoms with Crippen LogP contribution < -0.4 is 0 Å². The zero-order chi connectivity index (χ0) is 18.0. The fourth-order valence-corrected chi connectivity index (χ4v) is 3.48. The van der Waals surface area contributed by atoms with Crippen LogP contribution in [0.15, 0.2) is 30.3 Å². The number of rotatable bonds is 4. The topological polar surface area (TPSA) is 75.4 Å². The molecule has 1 aromatic carbocycles. The van der Waals surface area contributed by atoms with Gasteiger partial charge in [-0.25, -0.2) is 4.79 Å². The van der Waals surface area contributed by atoms with Crippen LogP contribution in [0.25, 0.3) is 0 Å². The van der Waals surface area contributed by atoms with Gasteiger partial charge in [0, 0.05) is 25.6 Å². The number of hydrogen-bond donors (Lipinski definition) is 1. The minimum atomic E-state index is -0.923. The molecule has 1 amide bonds. The van der Waals surface area contributed by atoms with Crippen molar-refractivity contribution in [1.29, 1.82) is 0 Å². The van der Waals surface area contributed by atoms with E-state index >= 15 is 0 Å². The molecule has 1 aromatic heterocycles. The second-order valence-electron chi connectivity index (χ2n) is 6.51. The van der Waals surface area contributed by atoms with Gasteiger partial charge in [-0.05, 0) is 50.5 Å². The molecule has 0 spiro atoms. The molecule has 1 unspecified atom stereocenters. The molecule has 1 aliphatic rings. The van der Waals surface area contributed by atoms with Gasteiger partial charge in [-0.1, -0.05) is 12.1 Å². The van der Waals surface area contributed by atoms with Crippen LogP contribution in [-0.4, -0.2) is 44.8 Å². The number of piperidine rings is 1. The van der Waals surface area contributed by atoms with Gasteiger partial charge in [-0.3, -0.25) is 9.48 Å². The summed E-state index contributed by atoms with van der Waals surface area (Å²) in [7, 11) is 0. The van der Waals surface area contributed by atoms with Crippen LogP contribution in [0.4, 0.5) is 0 Å². The Morgan fingerprint density at radius 1 is 1.32 bits per heavy atom. The van der Waals surface area contributed by atoms with Crippen molar-refractivity contribution in [2.45, 2.75) is 39.2 Å². The molecule has 3 rings (SSSR count). The average Bonchev–Trinajstić information content (AvgIpc) is 3.02. The number of likely N-dealkylation sites (tertiary alicyclic amines) is 1. The van der Waals surface area contributed by atoms with Crippen molar-refractivity contribution in [1.82, 2.24) is 14.7 Å². The summed E-state index contributed by atoms with van der Waals surface area (Å²) < 4.78 is 1.74. The molecule has 1 fully saturated rings. The van der Waals surface area contributed by atoms with Gasteiger partial charge in [0.2, 0.25) is 0 Å². The molecular weight excluding hydrogens is 318 g/mol. The first-order valence-corrected chi connectivity index (χ1v) is 8.66. The van der Waals surface area contributed by atoms with E-state index in [4.69, 9.17) is 0 Å². The number of aromatic carboxylic acids is 1. The first kappa shape index (κ1) is 17.2. The number of carbonyl (C=O) groups excluding carboxylic acids is 1. The van der Waals surface area contributed by atoms with E-state index in [9.17, 15) is 14.7 Å². The monoisotopic (exact) mass is 341 g/mol. The molecule has 1 saturated heterocycles. The van der Waals surface area contributed by atoms with Gasteiger partial charge in [-0.2, -0.15) is 5.10 Å². The molecule has 1 N–H and O–H groups in total. The minimum absolute atomic E-state index is 0.00143. The third kappa shape index (κ3) is 3.57. The molecule has 132 valence electrons. The Labute approximate surface area is 147 Å². The summed E-state index contributed by atoms with van der Waals surface area (Å²) in [5, 5.41) is 13.5. The Hall–Kier alpha value is -2.63. The van der Waals surface area contributed by atoms with Gasteiger partial charge in [0.25, 0.3) is 5.91 Å². The number of carbonyl (C=O) groups is 2. The molecule has 1 aliphatic heterocycles. The highest BCUT2D eigenvalue weighted by Crippen LogP contribution is 2.28. The quantitative estimate of drug-likeness (QED) is 0.928. The second kappa shape index (κ2) is 7.09. The average molecular weight is 341 g/mol. The highest BCUT2D eigenvalue weighted by molar-refractivity contribution is 5.93. The summed E-state index contributed by atoms with van der Waals surface area (Å²) in [6, 6.07) is 8.88. The molecule has 1 atom stereocenters. The van der Waals surface area contributed by atoms with Crippen molar-refractivity contribution in [3.63, 3.8) is 0 Å². The molecule has 2 aromatic rings. The van der Waals surface area contributed by atoms with E-state index in [1.165, 1.54) is 0 Å². The van der Waals surface area contributed by atoms with Gasteiger partial charge in [0.05, 0.1) is 11.3 Å². The number of hydrogen-bond acceptors (Lipinski definition) is 3. The molecule has 0 saturated carbocycles. The maximum Gasteiger partial charge on any atom is 0.335 e. The fraction of sp³-hybridized carbons (Fsp3) is 0.421. The lowest BCUT2D eigenvalue weighted by Gasteiger charge is -2.33. The van der Waals surface area contributed by atoms with Crippen LogP contribution in [0, 0.1) is 6.92 Å². The van der Waals surface area contributed by atoms with Crippen LogP contribution in [0.5, 0.6) is 0 Å². The highest BCUT2D eigenvalue weighted by Gasteiger charge is 2.27. The van der Waals surface area contributed by atoms with Crippen LogP contribution >= 0.6 is 0 Å². The lowest BCUT2D eigenvalue weighted by molar-refractivity contribution is 0.0682. The van der Waals surface area contributed by atoms with Gasteiger partial charge < -0.3 is 10.0 Å². The SMILES string of the molecule is CCn1nc(C)cc1C(=O)N1CCCC(c2cccc(C(=O)O)c2)C1. The number of aromatic nitrogens is 2. The van der Waals surface area contributed by atoms with Crippen molar-refractivity contribution in [3.05, 3.63) is 52.8 Å². The molecule has 0 bridgehead atoms. The second-order valence-corrected chi connectivity index (χ2v) is 6.51. The molecule has 25 heavy (non-hydrogen) atoms. The van der Waals surface area contributed by atoms with Crippen LogP contribution in [-0.2, 0) is 6.54 Å². The first-order chi connectivity index (χ1) is 12.0. The highest BCUT2D eigenvalue weighted by atomic mass is 16.4. The van der Waals surface area contributed by atoms with Crippen LogP contribution in [0.3, 0.4) is 0 Å². The number of carboxylic acids is 1. The minimum Gasteiger partial charge on any atom is -0.478 e.